The van der Waals surface area contributed by atoms with Gasteiger partial charge in [-0.2, -0.15) is 0 Å². The molecule has 0 aromatic carbocycles. The van der Waals surface area contributed by atoms with E-state index in [2.05, 4.69) is 4.74 Å². The van der Waals surface area contributed by atoms with Gasteiger partial charge in [-0.3, -0.25) is 0 Å². The average Bonchev–Trinajstić information content (AvgIpc) is 1.97. The Balaban J connectivity index is 2.63. The second-order valence-electron chi connectivity index (χ2n) is 2.70. The zero-order valence-electron chi connectivity index (χ0n) is 6.08. The van der Waals surface area contributed by atoms with Gasteiger partial charge in [-0.05, 0) is 6.92 Å². The standard InChI is InChI=1S/C6H12O5/c1-2-3(7)4(8)5(9)6(10)11-2/h2-10H,1H3/t2-,3+,4+,5-,6?/m0/s1/i1+1. The second kappa shape index (κ2) is 3.04. The van der Waals surface area contributed by atoms with E-state index in [4.69, 9.17) is 20.4 Å². The Morgan fingerprint density at radius 3 is 2.00 bits per heavy atom. The number of aliphatic hydroxyl groups excluding tert-OH is 4. The van der Waals surface area contributed by atoms with Crippen molar-refractivity contribution < 1.29 is 25.2 Å². The summed E-state index contributed by atoms with van der Waals surface area (Å²) in [7, 11) is 0. The van der Waals surface area contributed by atoms with Crippen LogP contribution in [0, 0.1) is 0 Å². The molecular formula is C6H12O5. The lowest BCUT2D eigenvalue weighted by Gasteiger charge is -2.36. The Kier molecular flexibility index (Phi) is 2.46. The Labute approximate surface area is 63.8 Å². The topological polar surface area (TPSA) is 90.2 Å². The van der Waals surface area contributed by atoms with Crippen LogP contribution >= 0.6 is 0 Å². The summed E-state index contributed by atoms with van der Waals surface area (Å²) in [5, 5.41) is 36.0. The summed E-state index contributed by atoms with van der Waals surface area (Å²) in [5.41, 5.74) is 0. The Morgan fingerprint density at radius 2 is 1.45 bits per heavy atom. The van der Waals surface area contributed by atoms with Gasteiger partial charge in [0.25, 0.3) is 0 Å². The quantitative estimate of drug-likeness (QED) is 0.306. The van der Waals surface area contributed by atoms with Gasteiger partial charge >= 0.3 is 0 Å². The maximum atomic E-state index is 9.09. The molecule has 1 saturated heterocycles. The first-order chi connectivity index (χ1) is 5.04. The highest BCUT2D eigenvalue weighted by Crippen LogP contribution is 2.18. The van der Waals surface area contributed by atoms with Crippen LogP contribution in [-0.2, 0) is 4.74 Å². The van der Waals surface area contributed by atoms with Crippen molar-refractivity contribution in [3.8, 4) is 0 Å². The van der Waals surface area contributed by atoms with Gasteiger partial charge in [0.15, 0.2) is 6.29 Å². The lowest BCUT2D eigenvalue weighted by atomic mass is 10.0. The molecule has 1 unspecified atom stereocenters. The molecule has 0 aromatic rings. The van der Waals surface area contributed by atoms with Gasteiger partial charge in [0.1, 0.15) is 18.3 Å². The van der Waals surface area contributed by atoms with Crippen molar-refractivity contribution in [2.45, 2.75) is 37.6 Å². The highest BCUT2D eigenvalue weighted by Gasteiger charge is 2.40. The van der Waals surface area contributed by atoms with E-state index >= 15 is 0 Å². The molecule has 1 heterocycles. The van der Waals surface area contributed by atoms with Crippen molar-refractivity contribution in [1.29, 1.82) is 0 Å². The van der Waals surface area contributed by atoms with Gasteiger partial charge in [-0.15, -0.1) is 0 Å². The fraction of sp³-hybridized carbons (Fsp3) is 1.00. The molecule has 1 rings (SSSR count). The fourth-order valence-corrected chi connectivity index (χ4v) is 1.03. The minimum atomic E-state index is -1.43. The van der Waals surface area contributed by atoms with Crippen molar-refractivity contribution in [1.82, 2.24) is 0 Å². The van der Waals surface area contributed by atoms with Crippen LogP contribution in [-0.4, -0.2) is 51.1 Å². The maximum Gasteiger partial charge on any atom is 0.183 e. The predicted octanol–water partition coefficient (Wildman–Crippen LogP) is -2.19. The summed E-state index contributed by atoms with van der Waals surface area (Å²) in [6.45, 7) is 1.50. The van der Waals surface area contributed by atoms with Gasteiger partial charge < -0.3 is 25.2 Å². The Morgan fingerprint density at radius 1 is 0.909 bits per heavy atom. The summed E-state index contributed by atoms with van der Waals surface area (Å²) in [6.07, 6.45) is -5.99. The number of hydrogen-bond acceptors (Lipinski definition) is 5. The molecule has 0 radical (unpaired) electrons. The van der Waals surface area contributed by atoms with Crippen LogP contribution in [0.4, 0.5) is 0 Å². The van der Waals surface area contributed by atoms with E-state index in [1.165, 1.54) is 6.92 Å². The van der Waals surface area contributed by atoms with Crippen molar-refractivity contribution >= 4 is 0 Å². The van der Waals surface area contributed by atoms with E-state index in [0.717, 1.165) is 0 Å². The predicted molar refractivity (Wildman–Crippen MR) is 34.6 cm³/mol. The van der Waals surface area contributed by atoms with Crippen LogP contribution in [0.2, 0.25) is 0 Å². The molecule has 1 aliphatic heterocycles. The molecular weight excluding hydrogens is 153 g/mol. The summed E-state index contributed by atoms with van der Waals surface area (Å²) < 4.78 is 4.68. The van der Waals surface area contributed by atoms with E-state index in [9.17, 15) is 0 Å². The molecule has 11 heavy (non-hydrogen) atoms. The van der Waals surface area contributed by atoms with Crippen LogP contribution in [0.5, 0.6) is 0 Å². The summed E-state index contributed by atoms with van der Waals surface area (Å²) in [5.74, 6) is 0. The smallest absolute Gasteiger partial charge is 0.183 e. The number of aliphatic hydroxyl groups is 4. The van der Waals surface area contributed by atoms with Gasteiger partial charge in [-0.1, -0.05) is 0 Å². The van der Waals surface area contributed by atoms with Crippen LogP contribution < -0.4 is 0 Å². The van der Waals surface area contributed by atoms with Crippen molar-refractivity contribution in [3.05, 3.63) is 0 Å². The average molecular weight is 165 g/mol. The monoisotopic (exact) mass is 165 g/mol. The van der Waals surface area contributed by atoms with Crippen molar-refractivity contribution in [3.63, 3.8) is 0 Å². The first-order valence-electron chi connectivity index (χ1n) is 3.41. The number of hydrogen-bond donors (Lipinski definition) is 4. The van der Waals surface area contributed by atoms with Crippen LogP contribution in [0.1, 0.15) is 6.92 Å². The molecule has 0 aromatic heterocycles. The highest BCUT2D eigenvalue weighted by atomic mass is 16.6. The molecule has 1 fully saturated rings. The Hall–Kier alpha value is -0.200. The normalized spacial score (nSPS) is 52.6. The molecule has 5 nitrogen and oxygen atoms in total. The molecule has 5 heteroatoms. The number of ether oxygens (including phenoxy) is 1. The fourth-order valence-electron chi connectivity index (χ4n) is 1.03. The van der Waals surface area contributed by atoms with Gasteiger partial charge in [0.05, 0.1) is 6.10 Å². The largest absolute Gasteiger partial charge is 0.388 e. The molecule has 1 aliphatic rings. The second-order valence-corrected chi connectivity index (χ2v) is 2.70. The first-order valence-corrected chi connectivity index (χ1v) is 3.41. The van der Waals surface area contributed by atoms with Crippen molar-refractivity contribution in [2.24, 2.45) is 0 Å². The zero-order valence-corrected chi connectivity index (χ0v) is 6.08. The molecule has 0 aliphatic carbocycles. The highest BCUT2D eigenvalue weighted by molar-refractivity contribution is 4.86. The molecule has 0 saturated carbocycles. The van der Waals surface area contributed by atoms with E-state index < -0.39 is 30.7 Å². The van der Waals surface area contributed by atoms with Gasteiger partial charge in [-0.25, -0.2) is 0 Å². The van der Waals surface area contributed by atoms with Gasteiger partial charge in [0, 0.05) is 0 Å². The molecule has 5 atom stereocenters. The molecule has 0 amide bonds. The maximum absolute atomic E-state index is 9.09. The van der Waals surface area contributed by atoms with Crippen LogP contribution in [0.25, 0.3) is 0 Å². The third-order valence-electron chi connectivity index (χ3n) is 1.83. The summed E-state index contributed by atoms with van der Waals surface area (Å²) >= 11 is 0. The minimum Gasteiger partial charge on any atom is -0.388 e. The van der Waals surface area contributed by atoms with E-state index in [1.54, 1.807) is 0 Å². The van der Waals surface area contributed by atoms with E-state index in [0.29, 0.717) is 0 Å². The summed E-state index contributed by atoms with van der Waals surface area (Å²) in [6, 6.07) is 0. The van der Waals surface area contributed by atoms with Crippen LogP contribution in [0.3, 0.4) is 0 Å². The molecule has 0 spiro atoms. The van der Waals surface area contributed by atoms with Crippen molar-refractivity contribution in [2.75, 3.05) is 0 Å². The van der Waals surface area contributed by atoms with Crippen LogP contribution in [0.15, 0.2) is 0 Å². The number of rotatable bonds is 0. The third kappa shape index (κ3) is 1.52. The molecule has 0 bridgehead atoms. The summed E-state index contributed by atoms with van der Waals surface area (Å²) in [4.78, 5) is 0. The third-order valence-corrected chi connectivity index (χ3v) is 1.83. The SMILES string of the molecule is [13CH3][C@@H]1OC(O)[C@@H](O)[C@H](O)[C@@H]1O. The molecule has 66 valence electrons. The molecule has 4 N–H and O–H groups in total. The van der Waals surface area contributed by atoms with Gasteiger partial charge in [0.2, 0.25) is 0 Å². The first kappa shape index (κ1) is 8.89. The minimum absolute atomic E-state index is 0.664. The lowest BCUT2D eigenvalue weighted by Crippen LogP contribution is -2.56. The van der Waals surface area contributed by atoms with E-state index in [-0.39, 0.29) is 0 Å². The zero-order chi connectivity index (χ0) is 8.59. The van der Waals surface area contributed by atoms with E-state index in [1.807, 2.05) is 0 Å². The lowest BCUT2D eigenvalue weighted by molar-refractivity contribution is -0.277. The Bertz CT molecular complexity index is 125.